The Bertz CT molecular complexity index is 478. The van der Waals surface area contributed by atoms with Crippen LogP contribution in [0, 0.1) is 0 Å². The molecule has 0 radical (unpaired) electrons. The van der Waals surface area contributed by atoms with E-state index in [4.69, 9.17) is 4.74 Å². The van der Waals surface area contributed by atoms with Crippen molar-refractivity contribution in [3.63, 3.8) is 0 Å². The molecule has 1 unspecified atom stereocenters. The molecule has 0 aromatic heterocycles. The van der Waals surface area contributed by atoms with Crippen LogP contribution in [0.5, 0.6) is 5.75 Å². The van der Waals surface area contributed by atoms with Crippen molar-refractivity contribution in [3.05, 3.63) is 24.3 Å². The van der Waals surface area contributed by atoms with E-state index in [0.29, 0.717) is 25.4 Å². The van der Waals surface area contributed by atoms with Crippen molar-refractivity contribution in [2.24, 2.45) is 0 Å². The number of phenols is 1. The first-order valence-electron chi connectivity index (χ1n) is 7.19. The molecule has 1 amide bonds. The fraction of sp³-hybridized carbons (Fsp3) is 0.533. The summed E-state index contributed by atoms with van der Waals surface area (Å²) >= 11 is 0. The Morgan fingerprint density at radius 2 is 1.95 bits per heavy atom. The number of anilines is 1. The SMILES string of the molecule is O=C(C1CCCO1)N1CCN(c2ccccc2O)CC1. The van der Waals surface area contributed by atoms with Gasteiger partial charge in [-0.15, -0.1) is 0 Å². The van der Waals surface area contributed by atoms with E-state index in [1.165, 1.54) is 0 Å². The lowest BCUT2D eigenvalue weighted by Crippen LogP contribution is -2.51. The molecule has 0 saturated carbocycles. The Labute approximate surface area is 118 Å². The number of phenolic OH excluding ortho intramolecular Hbond substituents is 1. The largest absolute Gasteiger partial charge is 0.506 e. The van der Waals surface area contributed by atoms with Gasteiger partial charge in [-0.1, -0.05) is 12.1 Å². The summed E-state index contributed by atoms with van der Waals surface area (Å²) in [7, 11) is 0. The third-order valence-electron chi connectivity index (χ3n) is 4.02. The van der Waals surface area contributed by atoms with Crippen LogP contribution in [0.2, 0.25) is 0 Å². The molecule has 2 heterocycles. The first-order chi connectivity index (χ1) is 9.75. The van der Waals surface area contributed by atoms with E-state index in [-0.39, 0.29) is 12.0 Å². The predicted molar refractivity (Wildman–Crippen MR) is 75.9 cm³/mol. The first kappa shape index (κ1) is 13.2. The van der Waals surface area contributed by atoms with Gasteiger partial charge in [0.05, 0.1) is 5.69 Å². The highest BCUT2D eigenvalue weighted by Crippen LogP contribution is 2.27. The van der Waals surface area contributed by atoms with Crippen molar-refractivity contribution in [1.29, 1.82) is 0 Å². The lowest BCUT2D eigenvalue weighted by atomic mass is 10.2. The quantitative estimate of drug-likeness (QED) is 0.882. The van der Waals surface area contributed by atoms with Crippen molar-refractivity contribution >= 4 is 11.6 Å². The normalized spacial score (nSPS) is 23.1. The van der Waals surface area contributed by atoms with Crippen LogP contribution in [-0.4, -0.2) is 54.8 Å². The Kier molecular flexibility index (Phi) is 3.78. The fourth-order valence-electron chi connectivity index (χ4n) is 2.88. The monoisotopic (exact) mass is 276 g/mol. The molecule has 108 valence electrons. The van der Waals surface area contributed by atoms with Gasteiger partial charge in [0.25, 0.3) is 5.91 Å². The second-order valence-corrected chi connectivity index (χ2v) is 5.30. The number of para-hydroxylation sites is 2. The molecular weight excluding hydrogens is 256 g/mol. The van der Waals surface area contributed by atoms with Crippen LogP contribution in [0.15, 0.2) is 24.3 Å². The molecule has 20 heavy (non-hydrogen) atoms. The van der Waals surface area contributed by atoms with E-state index in [9.17, 15) is 9.90 Å². The Hall–Kier alpha value is -1.75. The molecule has 5 heteroatoms. The van der Waals surface area contributed by atoms with Crippen LogP contribution in [-0.2, 0) is 9.53 Å². The summed E-state index contributed by atoms with van der Waals surface area (Å²) in [5.74, 6) is 0.422. The molecule has 0 bridgehead atoms. The van der Waals surface area contributed by atoms with E-state index in [1.54, 1.807) is 6.07 Å². The Morgan fingerprint density at radius 1 is 1.20 bits per heavy atom. The summed E-state index contributed by atoms with van der Waals surface area (Å²) in [4.78, 5) is 16.2. The minimum atomic E-state index is -0.230. The van der Waals surface area contributed by atoms with Crippen LogP contribution in [0.1, 0.15) is 12.8 Å². The van der Waals surface area contributed by atoms with Crippen molar-refractivity contribution in [3.8, 4) is 5.75 Å². The molecule has 2 aliphatic heterocycles. The zero-order valence-electron chi connectivity index (χ0n) is 11.5. The van der Waals surface area contributed by atoms with Gasteiger partial charge in [0, 0.05) is 32.8 Å². The topological polar surface area (TPSA) is 53.0 Å². The highest BCUT2D eigenvalue weighted by Gasteiger charge is 2.30. The number of carbonyl (C=O) groups is 1. The second kappa shape index (κ2) is 5.71. The van der Waals surface area contributed by atoms with Crippen LogP contribution in [0.3, 0.4) is 0 Å². The van der Waals surface area contributed by atoms with Crippen LogP contribution in [0.4, 0.5) is 5.69 Å². The number of amides is 1. The molecule has 1 aromatic rings. The predicted octanol–water partition coefficient (Wildman–Crippen LogP) is 1.22. The average Bonchev–Trinajstić information content (AvgIpc) is 3.01. The number of hydrogen-bond acceptors (Lipinski definition) is 4. The molecule has 1 aromatic carbocycles. The summed E-state index contributed by atoms with van der Waals surface area (Å²) < 4.78 is 5.45. The van der Waals surface area contributed by atoms with Gasteiger partial charge in [0.1, 0.15) is 11.9 Å². The molecule has 2 fully saturated rings. The molecule has 0 aliphatic carbocycles. The molecule has 2 saturated heterocycles. The lowest BCUT2D eigenvalue weighted by Gasteiger charge is -2.37. The smallest absolute Gasteiger partial charge is 0.251 e. The fourth-order valence-corrected chi connectivity index (χ4v) is 2.88. The molecule has 2 aliphatic rings. The Balaban J connectivity index is 1.59. The van der Waals surface area contributed by atoms with E-state index in [0.717, 1.165) is 31.6 Å². The third-order valence-corrected chi connectivity index (χ3v) is 4.02. The summed E-state index contributed by atoms with van der Waals surface area (Å²) in [6.45, 7) is 3.57. The molecular formula is C15H20N2O3. The maximum atomic E-state index is 12.2. The van der Waals surface area contributed by atoms with Gasteiger partial charge in [0.15, 0.2) is 0 Å². The lowest BCUT2D eigenvalue weighted by molar-refractivity contribution is -0.141. The molecule has 3 rings (SSSR count). The number of ether oxygens (including phenoxy) is 1. The highest BCUT2D eigenvalue weighted by atomic mass is 16.5. The number of piperazine rings is 1. The van der Waals surface area contributed by atoms with Crippen LogP contribution >= 0.6 is 0 Å². The molecule has 1 atom stereocenters. The van der Waals surface area contributed by atoms with Crippen LogP contribution in [0.25, 0.3) is 0 Å². The maximum absolute atomic E-state index is 12.2. The highest BCUT2D eigenvalue weighted by molar-refractivity contribution is 5.81. The standard InChI is InChI=1S/C15H20N2O3/c18-13-5-2-1-4-12(13)16-7-9-17(10-8-16)15(19)14-6-3-11-20-14/h1-2,4-5,14,18H,3,6-11H2. The molecule has 5 nitrogen and oxygen atoms in total. The summed E-state index contributed by atoms with van der Waals surface area (Å²) in [5, 5.41) is 9.87. The minimum absolute atomic E-state index is 0.124. The van der Waals surface area contributed by atoms with E-state index < -0.39 is 0 Å². The van der Waals surface area contributed by atoms with E-state index >= 15 is 0 Å². The summed E-state index contributed by atoms with van der Waals surface area (Å²) in [6.07, 6.45) is 1.60. The number of benzene rings is 1. The van der Waals surface area contributed by atoms with Gasteiger partial charge in [-0.3, -0.25) is 4.79 Å². The maximum Gasteiger partial charge on any atom is 0.251 e. The number of hydrogen-bond donors (Lipinski definition) is 1. The van der Waals surface area contributed by atoms with Crippen molar-refractivity contribution in [1.82, 2.24) is 4.90 Å². The van der Waals surface area contributed by atoms with E-state index in [1.807, 2.05) is 23.1 Å². The molecule has 0 spiro atoms. The van der Waals surface area contributed by atoms with E-state index in [2.05, 4.69) is 4.90 Å². The second-order valence-electron chi connectivity index (χ2n) is 5.30. The Morgan fingerprint density at radius 3 is 2.60 bits per heavy atom. The van der Waals surface area contributed by atoms with Gasteiger partial charge in [0.2, 0.25) is 0 Å². The van der Waals surface area contributed by atoms with Gasteiger partial charge >= 0.3 is 0 Å². The minimum Gasteiger partial charge on any atom is -0.506 e. The average molecular weight is 276 g/mol. The van der Waals surface area contributed by atoms with Gasteiger partial charge in [-0.2, -0.15) is 0 Å². The number of rotatable bonds is 2. The number of nitrogens with zero attached hydrogens (tertiary/aromatic N) is 2. The number of aromatic hydroxyl groups is 1. The zero-order chi connectivity index (χ0) is 13.9. The first-order valence-corrected chi connectivity index (χ1v) is 7.19. The number of carbonyl (C=O) groups excluding carboxylic acids is 1. The zero-order valence-corrected chi connectivity index (χ0v) is 11.5. The summed E-state index contributed by atoms with van der Waals surface area (Å²) in [5.41, 5.74) is 0.844. The van der Waals surface area contributed by atoms with Crippen molar-refractivity contribution in [2.75, 3.05) is 37.7 Å². The molecule has 1 N–H and O–H groups in total. The van der Waals surface area contributed by atoms with Gasteiger partial charge in [-0.25, -0.2) is 0 Å². The van der Waals surface area contributed by atoms with Gasteiger partial charge < -0.3 is 19.6 Å². The van der Waals surface area contributed by atoms with Crippen LogP contribution < -0.4 is 4.90 Å². The van der Waals surface area contributed by atoms with Gasteiger partial charge in [-0.05, 0) is 25.0 Å². The third kappa shape index (κ3) is 2.58. The summed E-state index contributed by atoms with van der Waals surface area (Å²) in [6, 6.07) is 7.33. The van der Waals surface area contributed by atoms with Crippen molar-refractivity contribution in [2.45, 2.75) is 18.9 Å². The van der Waals surface area contributed by atoms with Crippen molar-refractivity contribution < 1.29 is 14.6 Å².